The minimum Gasteiger partial charge on any atom is -0.322 e. The maximum atomic E-state index is 6.14. The van der Waals surface area contributed by atoms with Gasteiger partial charge < -0.3 is 5.73 Å². The fourth-order valence-electron chi connectivity index (χ4n) is 1.61. The van der Waals surface area contributed by atoms with Crippen molar-refractivity contribution in [1.82, 2.24) is 9.78 Å². The number of aromatic nitrogens is 2. The molecule has 1 aromatic rings. The summed E-state index contributed by atoms with van der Waals surface area (Å²) in [7, 11) is 1.88. The summed E-state index contributed by atoms with van der Waals surface area (Å²) in [6.07, 6.45) is 4.04. The molecule has 1 aliphatic carbocycles. The van der Waals surface area contributed by atoms with Gasteiger partial charge in [-0.2, -0.15) is 5.10 Å². The fourth-order valence-corrected chi connectivity index (χ4v) is 1.89. The molecule has 2 rings (SSSR count). The third-order valence-corrected chi connectivity index (χ3v) is 3.31. The summed E-state index contributed by atoms with van der Waals surface area (Å²) in [6.45, 7) is 2.20. The van der Waals surface area contributed by atoms with Crippen LogP contribution in [0.15, 0.2) is 6.20 Å². The number of hydrogen-bond acceptors (Lipinski definition) is 2. The van der Waals surface area contributed by atoms with Crippen molar-refractivity contribution in [3.8, 4) is 0 Å². The Bertz CT molecular complexity index is 308. The number of rotatable bonds is 2. The summed E-state index contributed by atoms with van der Waals surface area (Å²) in [5.74, 6) is 0. The first kappa shape index (κ1) is 9.03. The van der Waals surface area contributed by atoms with E-state index in [1.54, 1.807) is 10.9 Å². The Hall–Kier alpha value is -0.540. The minimum absolute atomic E-state index is 0.0208. The fraction of sp³-hybridized carbons (Fsp3) is 0.667. The van der Waals surface area contributed by atoms with Gasteiger partial charge in [0.1, 0.15) is 0 Å². The lowest BCUT2D eigenvalue weighted by molar-refractivity contribution is 0.426. The Morgan fingerprint density at radius 1 is 1.69 bits per heavy atom. The van der Waals surface area contributed by atoms with Crippen LogP contribution < -0.4 is 5.73 Å². The van der Waals surface area contributed by atoms with E-state index in [0.29, 0.717) is 5.02 Å². The molecular formula is C9H14ClN3. The summed E-state index contributed by atoms with van der Waals surface area (Å²) in [6, 6.07) is 0.0208. The van der Waals surface area contributed by atoms with Crippen LogP contribution in [0.2, 0.25) is 5.02 Å². The van der Waals surface area contributed by atoms with Crippen molar-refractivity contribution in [1.29, 1.82) is 0 Å². The SMILES string of the molecule is Cn1ncc(Cl)c1C(N)C1(C)CC1. The molecule has 1 atom stereocenters. The highest BCUT2D eigenvalue weighted by Crippen LogP contribution is 2.53. The molecule has 0 aliphatic heterocycles. The standard InChI is InChI=1S/C9H14ClN3/c1-9(3-4-9)8(11)7-6(10)5-12-13(7)2/h5,8H,3-4,11H2,1-2H3. The lowest BCUT2D eigenvalue weighted by Gasteiger charge is -2.19. The predicted molar refractivity (Wildman–Crippen MR) is 52.5 cm³/mol. The number of nitrogens with zero attached hydrogens (tertiary/aromatic N) is 2. The van der Waals surface area contributed by atoms with E-state index < -0.39 is 0 Å². The van der Waals surface area contributed by atoms with Crippen LogP contribution in [0.1, 0.15) is 31.5 Å². The Morgan fingerprint density at radius 2 is 2.31 bits per heavy atom. The number of aryl methyl sites for hydroxylation is 1. The van der Waals surface area contributed by atoms with Crippen molar-refractivity contribution in [3.05, 3.63) is 16.9 Å². The molecule has 0 saturated heterocycles. The second kappa shape index (κ2) is 2.72. The van der Waals surface area contributed by atoms with Gasteiger partial charge in [0.05, 0.1) is 23.0 Å². The molecule has 2 N–H and O–H groups in total. The number of nitrogens with two attached hydrogens (primary N) is 1. The van der Waals surface area contributed by atoms with Gasteiger partial charge in [0.2, 0.25) is 0 Å². The molecule has 1 unspecified atom stereocenters. The van der Waals surface area contributed by atoms with Gasteiger partial charge in [-0.25, -0.2) is 0 Å². The zero-order chi connectivity index (χ0) is 9.64. The van der Waals surface area contributed by atoms with Crippen molar-refractivity contribution in [2.75, 3.05) is 0 Å². The van der Waals surface area contributed by atoms with Crippen LogP contribution >= 0.6 is 11.6 Å². The Morgan fingerprint density at radius 3 is 2.69 bits per heavy atom. The molecule has 0 amide bonds. The van der Waals surface area contributed by atoms with Crippen LogP contribution in [0.25, 0.3) is 0 Å². The minimum atomic E-state index is 0.0208. The molecule has 13 heavy (non-hydrogen) atoms. The van der Waals surface area contributed by atoms with E-state index in [1.165, 1.54) is 12.8 Å². The average Bonchev–Trinajstić information content (AvgIpc) is 2.73. The van der Waals surface area contributed by atoms with Crippen LogP contribution in [0.5, 0.6) is 0 Å². The quantitative estimate of drug-likeness (QED) is 0.791. The molecule has 0 aromatic carbocycles. The Kier molecular flexibility index (Phi) is 1.89. The van der Waals surface area contributed by atoms with Gasteiger partial charge in [-0.3, -0.25) is 4.68 Å². The maximum absolute atomic E-state index is 6.14. The molecule has 0 spiro atoms. The van der Waals surface area contributed by atoms with Crippen molar-refractivity contribution >= 4 is 11.6 Å². The van der Waals surface area contributed by atoms with E-state index in [9.17, 15) is 0 Å². The highest BCUT2D eigenvalue weighted by atomic mass is 35.5. The molecule has 1 aromatic heterocycles. The molecule has 3 nitrogen and oxygen atoms in total. The third-order valence-electron chi connectivity index (χ3n) is 3.02. The van der Waals surface area contributed by atoms with Crippen LogP contribution in [0.3, 0.4) is 0 Å². The second-order valence-electron chi connectivity index (χ2n) is 4.13. The maximum Gasteiger partial charge on any atom is 0.0834 e. The van der Waals surface area contributed by atoms with Gasteiger partial charge in [-0.15, -0.1) is 0 Å². The predicted octanol–water partition coefficient (Wildman–Crippen LogP) is 1.87. The van der Waals surface area contributed by atoms with E-state index >= 15 is 0 Å². The van der Waals surface area contributed by atoms with Gasteiger partial charge in [0, 0.05) is 7.05 Å². The topological polar surface area (TPSA) is 43.8 Å². The van der Waals surface area contributed by atoms with Gasteiger partial charge in [0.15, 0.2) is 0 Å². The largest absolute Gasteiger partial charge is 0.322 e. The highest BCUT2D eigenvalue weighted by Gasteiger charge is 2.45. The zero-order valence-electron chi connectivity index (χ0n) is 7.92. The molecule has 72 valence electrons. The van der Waals surface area contributed by atoms with Gasteiger partial charge >= 0.3 is 0 Å². The second-order valence-corrected chi connectivity index (χ2v) is 4.54. The summed E-state index contributed by atoms with van der Waals surface area (Å²) >= 11 is 6.01. The summed E-state index contributed by atoms with van der Waals surface area (Å²) in [5, 5.41) is 4.77. The lowest BCUT2D eigenvalue weighted by atomic mass is 9.97. The molecule has 0 bridgehead atoms. The molecule has 1 heterocycles. The van der Waals surface area contributed by atoms with Crippen molar-refractivity contribution in [3.63, 3.8) is 0 Å². The van der Waals surface area contributed by atoms with E-state index in [4.69, 9.17) is 17.3 Å². The summed E-state index contributed by atoms with van der Waals surface area (Å²) in [4.78, 5) is 0. The van der Waals surface area contributed by atoms with Crippen molar-refractivity contribution in [2.24, 2.45) is 18.2 Å². The van der Waals surface area contributed by atoms with Crippen LogP contribution in [0.4, 0.5) is 0 Å². The van der Waals surface area contributed by atoms with Crippen LogP contribution in [-0.2, 0) is 7.05 Å². The zero-order valence-corrected chi connectivity index (χ0v) is 8.67. The van der Waals surface area contributed by atoms with Crippen LogP contribution in [-0.4, -0.2) is 9.78 Å². The molecule has 0 radical (unpaired) electrons. The normalized spacial score (nSPS) is 21.5. The van der Waals surface area contributed by atoms with Gasteiger partial charge in [-0.1, -0.05) is 18.5 Å². The smallest absolute Gasteiger partial charge is 0.0834 e. The molecule has 1 saturated carbocycles. The van der Waals surface area contributed by atoms with Crippen molar-refractivity contribution in [2.45, 2.75) is 25.8 Å². The molecule has 4 heteroatoms. The van der Waals surface area contributed by atoms with Crippen LogP contribution in [0, 0.1) is 5.41 Å². The molecule has 1 fully saturated rings. The third kappa shape index (κ3) is 1.36. The van der Waals surface area contributed by atoms with E-state index in [1.807, 2.05) is 7.05 Å². The first-order chi connectivity index (χ1) is 6.04. The van der Waals surface area contributed by atoms with Crippen molar-refractivity contribution < 1.29 is 0 Å². The van der Waals surface area contributed by atoms with E-state index in [-0.39, 0.29) is 11.5 Å². The van der Waals surface area contributed by atoms with E-state index in [2.05, 4.69) is 12.0 Å². The Labute approximate surface area is 82.9 Å². The van der Waals surface area contributed by atoms with Gasteiger partial charge in [0.25, 0.3) is 0 Å². The summed E-state index contributed by atoms with van der Waals surface area (Å²) in [5.41, 5.74) is 7.34. The number of halogens is 1. The Balaban J connectivity index is 2.34. The lowest BCUT2D eigenvalue weighted by Crippen LogP contribution is -2.23. The van der Waals surface area contributed by atoms with Gasteiger partial charge in [-0.05, 0) is 18.3 Å². The first-order valence-corrected chi connectivity index (χ1v) is 4.85. The monoisotopic (exact) mass is 199 g/mol. The average molecular weight is 200 g/mol. The first-order valence-electron chi connectivity index (χ1n) is 4.47. The highest BCUT2D eigenvalue weighted by molar-refractivity contribution is 6.31. The molecular weight excluding hydrogens is 186 g/mol. The molecule has 1 aliphatic rings. The van der Waals surface area contributed by atoms with E-state index in [0.717, 1.165) is 5.69 Å². The number of hydrogen-bond donors (Lipinski definition) is 1. The summed E-state index contributed by atoms with van der Waals surface area (Å²) < 4.78 is 1.77.